The molecule has 0 spiro atoms. The van der Waals surface area contributed by atoms with Gasteiger partial charge in [0.2, 0.25) is 0 Å². The Kier molecular flexibility index (Phi) is 12.5. The van der Waals surface area contributed by atoms with Crippen molar-refractivity contribution in [3.05, 3.63) is 47.8 Å². The van der Waals surface area contributed by atoms with E-state index in [0.717, 1.165) is 23.8 Å². The Morgan fingerprint density at radius 1 is 0.861 bits per heavy atom. The van der Waals surface area contributed by atoms with E-state index in [1.165, 1.54) is 0 Å². The second kappa shape index (κ2) is 14.8. The molecule has 198 valence electrons. The Morgan fingerprint density at radius 3 is 1.69 bits per heavy atom. The number of aldehydes is 1. The van der Waals surface area contributed by atoms with Gasteiger partial charge < -0.3 is 19.4 Å². The second-order valence-electron chi connectivity index (χ2n) is 9.88. The lowest BCUT2D eigenvalue weighted by Crippen LogP contribution is -2.27. The summed E-state index contributed by atoms with van der Waals surface area (Å²) in [5.74, 6) is 0.882. The van der Waals surface area contributed by atoms with E-state index < -0.39 is 23.4 Å². The van der Waals surface area contributed by atoms with Gasteiger partial charge in [0, 0.05) is 25.4 Å². The molecule has 0 saturated heterocycles. The average molecular weight is 503 g/mol. The number of aryl methyl sites for hydroxylation is 2. The summed E-state index contributed by atoms with van der Waals surface area (Å²) in [7, 11) is 0. The van der Waals surface area contributed by atoms with E-state index in [-0.39, 0.29) is 6.61 Å². The minimum atomic E-state index is -0.542. The van der Waals surface area contributed by atoms with Crippen LogP contribution in [0.4, 0.5) is 21.2 Å². The van der Waals surface area contributed by atoms with Gasteiger partial charge in [0.05, 0.1) is 0 Å². The van der Waals surface area contributed by atoms with Gasteiger partial charge in [-0.15, -0.1) is 0 Å². The first kappa shape index (κ1) is 30.5. The fourth-order valence-corrected chi connectivity index (χ4v) is 2.72. The van der Waals surface area contributed by atoms with Crippen molar-refractivity contribution in [1.82, 2.24) is 9.97 Å². The highest BCUT2D eigenvalue weighted by atomic mass is 16.6. The van der Waals surface area contributed by atoms with E-state index >= 15 is 0 Å². The van der Waals surface area contributed by atoms with E-state index in [4.69, 9.17) is 14.6 Å². The van der Waals surface area contributed by atoms with Crippen LogP contribution in [0.3, 0.4) is 0 Å². The zero-order chi connectivity index (χ0) is 27.2. The smallest absolute Gasteiger partial charge is 0.413 e. The van der Waals surface area contributed by atoms with Crippen molar-refractivity contribution in [3.63, 3.8) is 0 Å². The summed E-state index contributed by atoms with van der Waals surface area (Å²) in [6.45, 7) is 10.9. The maximum atomic E-state index is 11.5. The number of aliphatic hydroxyl groups excluding tert-OH is 1. The molecular weight excluding hydrogens is 464 g/mol. The van der Waals surface area contributed by atoms with Crippen molar-refractivity contribution >= 4 is 30.1 Å². The van der Waals surface area contributed by atoms with Crippen molar-refractivity contribution in [2.75, 3.05) is 17.2 Å². The van der Waals surface area contributed by atoms with Crippen LogP contribution in [0.25, 0.3) is 0 Å². The summed E-state index contributed by atoms with van der Waals surface area (Å²) in [5, 5.41) is 13.9. The minimum Gasteiger partial charge on any atom is -0.444 e. The van der Waals surface area contributed by atoms with Gasteiger partial charge in [-0.3, -0.25) is 10.6 Å². The molecule has 2 amide bonds. The van der Waals surface area contributed by atoms with Crippen molar-refractivity contribution < 1.29 is 29.0 Å². The first-order chi connectivity index (χ1) is 16.8. The first-order valence-electron chi connectivity index (χ1n) is 11.8. The number of anilines is 2. The third-order valence-electron chi connectivity index (χ3n) is 4.08. The zero-order valence-corrected chi connectivity index (χ0v) is 22.0. The molecule has 36 heavy (non-hydrogen) atoms. The molecule has 0 aliphatic rings. The lowest BCUT2D eigenvalue weighted by Gasteiger charge is -2.19. The summed E-state index contributed by atoms with van der Waals surface area (Å²) >= 11 is 0. The molecule has 0 aromatic carbocycles. The molecular formula is C26H38N4O6. The number of carbonyl (C=O) groups excluding carboxylic acids is 3. The molecule has 0 radical (unpaired) electrons. The third kappa shape index (κ3) is 14.7. The molecule has 0 atom stereocenters. The lowest BCUT2D eigenvalue weighted by molar-refractivity contribution is -0.107. The standard InChI is InChI=1S/C13H20N2O3.C13H18N2O3/c2*1-13(2,3)18-12(17)15-11-9-10(5-4-8-16)6-7-14-11/h6-7,9,16H,4-5,8H2,1-3H3,(H,14,15,17);6-9H,4-5H2,1-3H3,(H,14,15,17). The molecule has 2 aromatic heterocycles. The Balaban J connectivity index is 0.000000360. The quantitative estimate of drug-likeness (QED) is 0.433. The first-order valence-corrected chi connectivity index (χ1v) is 11.8. The van der Waals surface area contributed by atoms with Crippen LogP contribution in [0.2, 0.25) is 0 Å². The minimum absolute atomic E-state index is 0.150. The van der Waals surface area contributed by atoms with Gasteiger partial charge in [-0.05, 0) is 96.2 Å². The summed E-state index contributed by atoms with van der Waals surface area (Å²) in [4.78, 5) is 41.4. The highest BCUT2D eigenvalue weighted by molar-refractivity contribution is 5.84. The average Bonchev–Trinajstić information content (AvgIpc) is 2.74. The number of hydrogen-bond donors (Lipinski definition) is 3. The number of ether oxygens (including phenoxy) is 2. The summed E-state index contributed by atoms with van der Waals surface area (Å²) in [5.41, 5.74) is 0.894. The molecule has 2 heterocycles. The number of pyridine rings is 2. The van der Waals surface area contributed by atoms with E-state index in [1.54, 1.807) is 66.1 Å². The fourth-order valence-electron chi connectivity index (χ4n) is 2.72. The van der Waals surface area contributed by atoms with Gasteiger partial charge in [-0.1, -0.05) is 0 Å². The van der Waals surface area contributed by atoms with Crippen molar-refractivity contribution in [1.29, 1.82) is 0 Å². The van der Waals surface area contributed by atoms with Gasteiger partial charge in [0.1, 0.15) is 29.1 Å². The molecule has 0 bridgehead atoms. The van der Waals surface area contributed by atoms with Crippen LogP contribution in [0.1, 0.15) is 65.5 Å². The zero-order valence-electron chi connectivity index (χ0n) is 22.0. The summed E-state index contributed by atoms with van der Waals surface area (Å²) in [6, 6.07) is 7.17. The van der Waals surface area contributed by atoms with Gasteiger partial charge >= 0.3 is 12.2 Å². The monoisotopic (exact) mass is 502 g/mol. The van der Waals surface area contributed by atoms with Crippen molar-refractivity contribution in [3.8, 4) is 0 Å². The number of aromatic nitrogens is 2. The number of carbonyl (C=O) groups is 3. The van der Waals surface area contributed by atoms with E-state index in [9.17, 15) is 14.4 Å². The topological polar surface area (TPSA) is 140 Å². The number of nitrogens with one attached hydrogen (secondary N) is 2. The number of amides is 2. The van der Waals surface area contributed by atoms with Gasteiger partial charge in [-0.2, -0.15) is 0 Å². The largest absolute Gasteiger partial charge is 0.444 e. The summed E-state index contributed by atoms with van der Waals surface area (Å²) in [6.07, 6.45) is 5.55. The van der Waals surface area contributed by atoms with Crippen LogP contribution >= 0.6 is 0 Å². The lowest BCUT2D eigenvalue weighted by atomic mass is 10.1. The molecule has 0 fully saturated rings. The number of nitrogens with zero attached hydrogens (tertiary/aromatic N) is 2. The molecule has 0 aliphatic heterocycles. The predicted molar refractivity (Wildman–Crippen MR) is 138 cm³/mol. The maximum absolute atomic E-state index is 11.5. The molecule has 10 nitrogen and oxygen atoms in total. The molecule has 3 N–H and O–H groups in total. The molecule has 2 rings (SSSR count). The SMILES string of the molecule is CC(C)(C)OC(=O)Nc1cc(CCC=O)ccn1.CC(C)(C)OC(=O)Nc1cc(CCCO)ccn1. The Bertz CT molecular complexity index is 983. The molecule has 0 unspecified atom stereocenters. The van der Waals surface area contributed by atoms with E-state index in [0.29, 0.717) is 30.9 Å². The van der Waals surface area contributed by atoms with Crippen LogP contribution in [-0.4, -0.2) is 51.4 Å². The molecule has 0 saturated carbocycles. The van der Waals surface area contributed by atoms with Crippen molar-refractivity contribution in [2.45, 2.75) is 78.4 Å². The van der Waals surface area contributed by atoms with E-state index in [2.05, 4.69) is 20.6 Å². The van der Waals surface area contributed by atoms with Crippen LogP contribution in [0, 0.1) is 0 Å². The van der Waals surface area contributed by atoms with E-state index in [1.807, 2.05) is 12.1 Å². The van der Waals surface area contributed by atoms with Crippen LogP contribution in [-0.2, 0) is 27.1 Å². The highest BCUT2D eigenvalue weighted by Crippen LogP contribution is 2.13. The number of hydrogen-bond acceptors (Lipinski definition) is 8. The van der Waals surface area contributed by atoms with Gasteiger partial charge in [0.15, 0.2) is 0 Å². The third-order valence-corrected chi connectivity index (χ3v) is 4.08. The Hall–Kier alpha value is -3.53. The Labute approximate surface area is 212 Å². The van der Waals surface area contributed by atoms with Gasteiger partial charge in [-0.25, -0.2) is 19.6 Å². The summed E-state index contributed by atoms with van der Waals surface area (Å²) < 4.78 is 10.2. The van der Waals surface area contributed by atoms with Crippen LogP contribution < -0.4 is 10.6 Å². The highest BCUT2D eigenvalue weighted by Gasteiger charge is 2.17. The van der Waals surface area contributed by atoms with Crippen LogP contribution in [0.5, 0.6) is 0 Å². The Morgan fingerprint density at radius 2 is 1.31 bits per heavy atom. The number of aliphatic hydroxyl groups is 1. The molecule has 10 heteroatoms. The van der Waals surface area contributed by atoms with Crippen LogP contribution in [0.15, 0.2) is 36.7 Å². The van der Waals surface area contributed by atoms with Crippen molar-refractivity contribution in [2.24, 2.45) is 0 Å². The number of rotatable bonds is 8. The maximum Gasteiger partial charge on any atom is 0.413 e. The molecule has 2 aromatic rings. The predicted octanol–water partition coefficient (Wildman–Crippen LogP) is 4.91. The normalized spacial score (nSPS) is 11.0. The molecule has 0 aliphatic carbocycles. The fraction of sp³-hybridized carbons (Fsp3) is 0.500. The second-order valence-corrected chi connectivity index (χ2v) is 9.88. The van der Waals surface area contributed by atoms with Gasteiger partial charge in [0.25, 0.3) is 0 Å².